The minimum atomic E-state index is 0.541. The second-order valence-electron chi connectivity index (χ2n) is 4.73. The summed E-state index contributed by atoms with van der Waals surface area (Å²) in [5, 5.41) is 0.603. The van der Waals surface area contributed by atoms with Crippen molar-refractivity contribution in [3.63, 3.8) is 0 Å². The summed E-state index contributed by atoms with van der Waals surface area (Å²) in [6.45, 7) is 2.71. The van der Waals surface area contributed by atoms with E-state index in [1.807, 2.05) is 12.1 Å². The lowest BCUT2D eigenvalue weighted by Crippen LogP contribution is -2.37. The molecule has 0 N–H and O–H groups in total. The van der Waals surface area contributed by atoms with E-state index < -0.39 is 0 Å². The number of benzene rings is 1. The minimum Gasteiger partial charge on any atom is -0.384 e. The third kappa shape index (κ3) is 3.03. The van der Waals surface area contributed by atoms with E-state index in [9.17, 15) is 4.79 Å². The van der Waals surface area contributed by atoms with Crippen LogP contribution in [0.15, 0.2) is 18.2 Å². The number of methoxy groups -OCH3 is 1. The molecule has 1 atom stereocenters. The van der Waals surface area contributed by atoms with Crippen LogP contribution < -0.4 is 4.90 Å². The van der Waals surface area contributed by atoms with Crippen LogP contribution in [0.2, 0.25) is 5.02 Å². The van der Waals surface area contributed by atoms with E-state index in [1.165, 1.54) is 6.42 Å². The van der Waals surface area contributed by atoms with Gasteiger partial charge in [-0.2, -0.15) is 0 Å². The van der Waals surface area contributed by atoms with E-state index in [4.69, 9.17) is 16.3 Å². The van der Waals surface area contributed by atoms with Crippen molar-refractivity contribution in [2.24, 2.45) is 5.92 Å². The number of piperidine rings is 1. The van der Waals surface area contributed by atoms with E-state index >= 15 is 0 Å². The average Bonchev–Trinajstić information content (AvgIpc) is 2.39. The smallest absolute Gasteiger partial charge is 0.152 e. The number of aldehydes is 1. The van der Waals surface area contributed by atoms with E-state index in [0.29, 0.717) is 16.5 Å². The van der Waals surface area contributed by atoms with E-state index in [-0.39, 0.29) is 0 Å². The second-order valence-corrected chi connectivity index (χ2v) is 5.17. The van der Waals surface area contributed by atoms with Gasteiger partial charge in [0.15, 0.2) is 6.29 Å². The molecule has 1 aromatic rings. The first-order valence-electron chi connectivity index (χ1n) is 6.23. The van der Waals surface area contributed by atoms with Gasteiger partial charge in [0.05, 0.1) is 6.61 Å². The molecular formula is C14H18ClNO2. The quantitative estimate of drug-likeness (QED) is 0.786. The maximum atomic E-state index is 11.1. The largest absolute Gasteiger partial charge is 0.384 e. The highest BCUT2D eigenvalue weighted by atomic mass is 35.5. The van der Waals surface area contributed by atoms with Gasteiger partial charge in [0.2, 0.25) is 0 Å². The zero-order valence-electron chi connectivity index (χ0n) is 10.6. The summed E-state index contributed by atoms with van der Waals surface area (Å²) in [4.78, 5) is 13.4. The first-order chi connectivity index (χ1) is 8.74. The fourth-order valence-corrected chi connectivity index (χ4v) is 2.74. The molecule has 0 aromatic heterocycles. The molecule has 1 unspecified atom stereocenters. The molecule has 18 heavy (non-hydrogen) atoms. The van der Waals surface area contributed by atoms with Gasteiger partial charge in [0, 0.05) is 36.5 Å². The number of carbonyl (C=O) groups excluding carboxylic acids is 1. The second kappa shape index (κ2) is 6.21. The van der Waals surface area contributed by atoms with Gasteiger partial charge in [-0.05, 0) is 37.0 Å². The third-order valence-corrected chi connectivity index (χ3v) is 3.61. The predicted octanol–water partition coefficient (Wildman–Crippen LogP) is 3.02. The number of hydrogen-bond acceptors (Lipinski definition) is 3. The SMILES string of the molecule is COCC1CCCN(c2ccc(Cl)cc2C=O)C1. The minimum absolute atomic E-state index is 0.541. The molecule has 0 spiro atoms. The van der Waals surface area contributed by atoms with Crippen molar-refractivity contribution in [1.29, 1.82) is 0 Å². The number of halogens is 1. The Morgan fingerprint density at radius 3 is 3.11 bits per heavy atom. The average molecular weight is 268 g/mol. The van der Waals surface area contributed by atoms with Crippen molar-refractivity contribution in [3.05, 3.63) is 28.8 Å². The Kier molecular flexibility index (Phi) is 4.61. The van der Waals surface area contributed by atoms with Crippen LogP contribution in [-0.2, 0) is 4.74 Å². The Bertz CT molecular complexity index is 420. The van der Waals surface area contributed by atoms with Gasteiger partial charge >= 0.3 is 0 Å². The molecule has 1 fully saturated rings. The summed E-state index contributed by atoms with van der Waals surface area (Å²) in [6, 6.07) is 5.49. The van der Waals surface area contributed by atoms with Crippen molar-refractivity contribution >= 4 is 23.6 Å². The van der Waals surface area contributed by atoms with E-state index in [2.05, 4.69) is 4.90 Å². The molecule has 1 aromatic carbocycles. The normalized spacial score (nSPS) is 19.9. The number of ether oxygens (including phenoxy) is 1. The zero-order valence-corrected chi connectivity index (χ0v) is 11.3. The molecule has 0 bridgehead atoms. The molecule has 4 heteroatoms. The summed E-state index contributed by atoms with van der Waals surface area (Å²) in [5.74, 6) is 0.541. The highest BCUT2D eigenvalue weighted by Gasteiger charge is 2.21. The van der Waals surface area contributed by atoms with Crippen molar-refractivity contribution in [3.8, 4) is 0 Å². The Morgan fingerprint density at radius 2 is 2.39 bits per heavy atom. The number of carbonyl (C=O) groups is 1. The summed E-state index contributed by atoms with van der Waals surface area (Å²) in [7, 11) is 1.73. The zero-order chi connectivity index (χ0) is 13.0. The van der Waals surface area contributed by atoms with Crippen LogP contribution in [0.5, 0.6) is 0 Å². The van der Waals surface area contributed by atoms with Gasteiger partial charge in [-0.1, -0.05) is 11.6 Å². The lowest BCUT2D eigenvalue weighted by molar-refractivity contribution is 0.112. The van der Waals surface area contributed by atoms with Gasteiger partial charge in [-0.3, -0.25) is 4.79 Å². The summed E-state index contributed by atoms with van der Waals surface area (Å²) < 4.78 is 5.22. The van der Waals surface area contributed by atoms with Crippen molar-refractivity contribution < 1.29 is 9.53 Å². The van der Waals surface area contributed by atoms with Crippen LogP contribution in [0.3, 0.4) is 0 Å². The summed E-state index contributed by atoms with van der Waals surface area (Å²) in [6.07, 6.45) is 3.20. The Morgan fingerprint density at radius 1 is 1.56 bits per heavy atom. The summed E-state index contributed by atoms with van der Waals surface area (Å²) >= 11 is 5.92. The molecule has 0 amide bonds. The van der Waals surface area contributed by atoms with Crippen LogP contribution in [0.4, 0.5) is 5.69 Å². The fraction of sp³-hybridized carbons (Fsp3) is 0.500. The number of nitrogens with zero attached hydrogens (tertiary/aromatic N) is 1. The van der Waals surface area contributed by atoms with Crippen molar-refractivity contribution in [2.45, 2.75) is 12.8 Å². The number of anilines is 1. The molecule has 1 aliphatic rings. The molecule has 98 valence electrons. The Labute approximate surface area is 113 Å². The lowest BCUT2D eigenvalue weighted by Gasteiger charge is -2.34. The highest BCUT2D eigenvalue weighted by molar-refractivity contribution is 6.31. The molecule has 1 aliphatic heterocycles. The molecule has 0 aliphatic carbocycles. The third-order valence-electron chi connectivity index (χ3n) is 3.38. The maximum Gasteiger partial charge on any atom is 0.152 e. The number of hydrogen-bond donors (Lipinski definition) is 0. The lowest BCUT2D eigenvalue weighted by atomic mass is 9.98. The van der Waals surface area contributed by atoms with Gasteiger partial charge < -0.3 is 9.64 Å². The molecule has 0 radical (unpaired) electrons. The van der Waals surface area contributed by atoms with Gasteiger partial charge in [0.25, 0.3) is 0 Å². The molecule has 2 rings (SSSR count). The van der Waals surface area contributed by atoms with Crippen LogP contribution in [0.25, 0.3) is 0 Å². The number of rotatable bonds is 4. The first kappa shape index (κ1) is 13.4. The molecule has 1 heterocycles. The van der Waals surface area contributed by atoms with Crippen LogP contribution in [-0.4, -0.2) is 33.1 Å². The first-order valence-corrected chi connectivity index (χ1v) is 6.61. The van der Waals surface area contributed by atoms with Crippen molar-refractivity contribution in [2.75, 3.05) is 31.7 Å². The van der Waals surface area contributed by atoms with Gasteiger partial charge in [-0.25, -0.2) is 0 Å². The van der Waals surface area contributed by atoms with Crippen LogP contribution in [0, 0.1) is 5.92 Å². The molecule has 0 saturated carbocycles. The topological polar surface area (TPSA) is 29.5 Å². The molecule has 1 saturated heterocycles. The van der Waals surface area contributed by atoms with Crippen LogP contribution in [0.1, 0.15) is 23.2 Å². The summed E-state index contributed by atoms with van der Waals surface area (Å²) in [5.41, 5.74) is 1.65. The highest BCUT2D eigenvalue weighted by Crippen LogP contribution is 2.27. The van der Waals surface area contributed by atoms with Crippen molar-refractivity contribution in [1.82, 2.24) is 0 Å². The monoisotopic (exact) mass is 267 g/mol. The van der Waals surface area contributed by atoms with E-state index in [1.54, 1.807) is 13.2 Å². The van der Waals surface area contributed by atoms with Gasteiger partial charge in [0.1, 0.15) is 0 Å². The van der Waals surface area contributed by atoms with E-state index in [0.717, 1.165) is 38.1 Å². The standard InChI is InChI=1S/C14H18ClNO2/c1-18-10-11-3-2-6-16(8-11)14-5-4-13(15)7-12(14)9-17/h4-5,7,9,11H,2-3,6,8,10H2,1H3. The molecule has 3 nitrogen and oxygen atoms in total. The Balaban J connectivity index is 2.17. The Hall–Kier alpha value is -1.06. The predicted molar refractivity (Wildman–Crippen MR) is 73.7 cm³/mol. The van der Waals surface area contributed by atoms with Gasteiger partial charge in [-0.15, -0.1) is 0 Å². The molecular weight excluding hydrogens is 250 g/mol. The maximum absolute atomic E-state index is 11.1. The van der Waals surface area contributed by atoms with Crippen LogP contribution >= 0.6 is 11.6 Å². The fourth-order valence-electron chi connectivity index (χ4n) is 2.56.